The summed E-state index contributed by atoms with van der Waals surface area (Å²) in [6.45, 7) is 1.72. The van der Waals surface area contributed by atoms with E-state index < -0.39 is 30.9 Å². The molecule has 1 aromatic carbocycles. The van der Waals surface area contributed by atoms with Crippen LogP contribution in [0.1, 0.15) is 15.9 Å². The molecular formula is C11H15NO6S2. The molecule has 0 amide bonds. The number of anilines is 1. The molecule has 0 aliphatic carbocycles. The number of aryl methyl sites for hydroxylation is 1. The zero-order chi connectivity index (χ0) is 15.6. The van der Waals surface area contributed by atoms with Crippen molar-refractivity contribution in [2.75, 3.05) is 23.2 Å². The lowest BCUT2D eigenvalue weighted by Gasteiger charge is -2.11. The quantitative estimate of drug-likeness (QED) is 0.793. The third kappa shape index (κ3) is 4.82. The number of ether oxygens (including phenoxy) is 1. The Morgan fingerprint density at radius 1 is 1.25 bits per heavy atom. The predicted octanol–water partition coefficient (Wildman–Crippen LogP) is 0.525. The van der Waals surface area contributed by atoms with Crippen LogP contribution in [0.15, 0.2) is 18.2 Å². The SMILES string of the molecule is COC(=O)c1cc(C)ccc1NS(=O)(=O)CS(C)(=O)=O. The van der Waals surface area contributed by atoms with E-state index in [-0.39, 0.29) is 11.3 Å². The van der Waals surface area contributed by atoms with Gasteiger partial charge in [-0.25, -0.2) is 21.6 Å². The minimum atomic E-state index is -4.12. The van der Waals surface area contributed by atoms with Gasteiger partial charge >= 0.3 is 5.97 Å². The monoisotopic (exact) mass is 321 g/mol. The molecule has 1 N–H and O–H groups in total. The van der Waals surface area contributed by atoms with Crippen molar-refractivity contribution in [1.29, 1.82) is 0 Å². The van der Waals surface area contributed by atoms with Gasteiger partial charge < -0.3 is 4.74 Å². The second-order valence-electron chi connectivity index (χ2n) is 4.30. The van der Waals surface area contributed by atoms with E-state index in [1.54, 1.807) is 13.0 Å². The number of rotatable bonds is 5. The van der Waals surface area contributed by atoms with Crippen LogP contribution in [0.3, 0.4) is 0 Å². The van der Waals surface area contributed by atoms with E-state index in [1.165, 1.54) is 19.2 Å². The molecule has 7 nitrogen and oxygen atoms in total. The average Bonchev–Trinajstić information content (AvgIpc) is 2.27. The molecule has 0 bridgehead atoms. The number of methoxy groups -OCH3 is 1. The van der Waals surface area contributed by atoms with Crippen molar-refractivity contribution < 1.29 is 26.4 Å². The van der Waals surface area contributed by atoms with Crippen LogP contribution < -0.4 is 4.72 Å². The Labute approximate surface area is 117 Å². The van der Waals surface area contributed by atoms with Gasteiger partial charge in [0, 0.05) is 6.26 Å². The summed E-state index contributed by atoms with van der Waals surface area (Å²) >= 11 is 0. The van der Waals surface area contributed by atoms with Crippen LogP contribution in [0.5, 0.6) is 0 Å². The van der Waals surface area contributed by atoms with Crippen molar-refractivity contribution in [3.05, 3.63) is 29.3 Å². The highest BCUT2D eigenvalue weighted by Gasteiger charge is 2.21. The molecule has 112 valence electrons. The van der Waals surface area contributed by atoms with Crippen LogP contribution in [-0.4, -0.2) is 41.3 Å². The van der Waals surface area contributed by atoms with Crippen molar-refractivity contribution in [3.8, 4) is 0 Å². The summed E-state index contributed by atoms with van der Waals surface area (Å²) in [4.78, 5) is 11.6. The summed E-state index contributed by atoms with van der Waals surface area (Å²) in [7, 11) is -6.66. The van der Waals surface area contributed by atoms with Crippen molar-refractivity contribution >= 4 is 31.5 Å². The van der Waals surface area contributed by atoms with Gasteiger partial charge in [-0.2, -0.15) is 0 Å². The minimum Gasteiger partial charge on any atom is -0.465 e. The maximum absolute atomic E-state index is 11.7. The Morgan fingerprint density at radius 3 is 2.35 bits per heavy atom. The first-order valence-corrected chi connectivity index (χ1v) is 9.12. The molecular weight excluding hydrogens is 306 g/mol. The van der Waals surface area contributed by atoms with Gasteiger partial charge in [-0.15, -0.1) is 0 Å². The van der Waals surface area contributed by atoms with Crippen molar-refractivity contribution in [2.24, 2.45) is 0 Å². The van der Waals surface area contributed by atoms with Gasteiger partial charge in [0.1, 0.15) is 0 Å². The Kier molecular flexibility index (Phi) is 4.77. The average molecular weight is 321 g/mol. The normalized spacial score (nSPS) is 11.9. The van der Waals surface area contributed by atoms with Gasteiger partial charge in [0.05, 0.1) is 18.4 Å². The third-order valence-corrected chi connectivity index (χ3v) is 5.70. The van der Waals surface area contributed by atoms with Crippen molar-refractivity contribution in [2.45, 2.75) is 6.92 Å². The van der Waals surface area contributed by atoms with E-state index in [4.69, 9.17) is 0 Å². The fourth-order valence-electron chi connectivity index (χ4n) is 1.50. The van der Waals surface area contributed by atoms with Crippen LogP contribution >= 0.6 is 0 Å². The van der Waals surface area contributed by atoms with E-state index in [9.17, 15) is 21.6 Å². The maximum atomic E-state index is 11.7. The first-order chi connectivity index (χ1) is 9.04. The molecule has 0 saturated carbocycles. The smallest absolute Gasteiger partial charge is 0.340 e. The lowest BCUT2D eigenvalue weighted by Crippen LogP contribution is -2.23. The highest BCUT2D eigenvalue weighted by atomic mass is 32.3. The molecule has 20 heavy (non-hydrogen) atoms. The van der Waals surface area contributed by atoms with E-state index in [2.05, 4.69) is 9.46 Å². The number of sulfonamides is 1. The molecule has 9 heteroatoms. The Balaban J connectivity index is 3.19. The van der Waals surface area contributed by atoms with E-state index in [0.29, 0.717) is 0 Å². The van der Waals surface area contributed by atoms with Crippen LogP contribution in [0.25, 0.3) is 0 Å². The molecule has 1 aromatic rings. The largest absolute Gasteiger partial charge is 0.465 e. The fourth-order valence-corrected chi connectivity index (χ4v) is 4.51. The molecule has 0 atom stereocenters. The summed E-state index contributed by atoms with van der Waals surface area (Å²) in [6, 6.07) is 4.41. The first-order valence-electron chi connectivity index (χ1n) is 5.41. The van der Waals surface area contributed by atoms with Crippen LogP contribution in [-0.2, 0) is 24.6 Å². The number of hydrogen-bond donors (Lipinski definition) is 1. The molecule has 0 saturated heterocycles. The number of carbonyl (C=O) groups excluding carboxylic acids is 1. The molecule has 0 heterocycles. The Hall–Kier alpha value is -1.61. The maximum Gasteiger partial charge on any atom is 0.340 e. The lowest BCUT2D eigenvalue weighted by molar-refractivity contribution is 0.0602. The van der Waals surface area contributed by atoms with Gasteiger partial charge in [0.15, 0.2) is 14.9 Å². The standard InChI is InChI=1S/C11H15NO6S2/c1-8-4-5-10(9(6-8)11(13)18-2)12-20(16,17)7-19(3,14)15/h4-6,12H,7H2,1-3H3. The van der Waals surface area contributed by atoms with Crippen LogP contribution in [0.2, 0.25) is 0 Å². The number of nitrogens with one attached hydrogen (secondary N) is 1. The van der Waals surface area contributed by atoms with Gasteiger partial charge in [0.25, 0.3) is 0 Å². The predicted molar refractivity (Wildman–Crippen MR) is 74.8 cm³/mol. The zero-order valence-electron chi connectivity index (χ0n) is 11.2. The van der Waals surface area contributed by atoms with Gasteiger partial charge in [-0.3, -0.25) is 4.72 Å². The van der Waals surface area contributed by atoms with Crippen molar-refractivity contribution in [1.82, 2.24) is 0 Å². The van der Waals surface area contributed by atoms with Crippen LogP contribution in [0, 0.1) is 6.92 Å². The van der Waals surface area contributed by atoms with Crippen LogP contribution in [0.4, 0.5) is 5.69 Å². The summed E-state index contributed by atoms with van der Waals surface area (Å²) < 4.78 is 52.2. The fraction of sp³-hybridized carbons (Fsp3) is 0.364. The van der Waals surface area contributed by atoms with Gasteiger partial charge in [-0.05, 0) is 19.1 Å². The Morgan fingerprint density at radius 2 is 1.85 bits per heavy atom. The molecule has 0 aliphatic heterocycles. The summed E-state index contributed by atoms with van der Waals surface area (Å²) in [5.41, 5.74) is 0.729. The minimum absolute atomic E-state index is 0.0181. The first kappa shape index (κ1) is 16.4. The van der Waals surface area contributed by atoms with Gasteiger partial charge in [0.2, 0.25) is 10.0 Å². The molecule has 0 aliphatic rings. The Bertz CT molecular complexity index is 721. The van der Waals surface area contributed by atoms with E-state index in [0.717, 1.165) is 11.8 Å². The number of carbonyl (C=O) groups is 1. The molecule has 0 aromatic heterocycles. The van der Waals surface area contributed by atoms with Gasteiger partial charge in [-0.1, -0.05) is 11.6 Å². The number of benzene rings is 1. The van der Waals surface area contributed by atoms with Crippen molar-refractivity contribution in [3.63, 3.8) is 0 Å². The molecule has 0 spiro atoms. The highest BCUT2D eigenvalue weighted by Crippen LogP contribution is 2.20. The number of esters is 1. The molecule has 1 rings (SSSR count). The second-order valence-corrected chi connectivity index (χ2v) is 8.53. The molecule has 0 unspecified atom stereocenters. The zero-order valence-corrected chi connectivity index (χ0v) is 12.8. The third-order valence-electron chi connectivity index (χ3n) is 2.22. The second kappa shape index (κ2) is 5.80. The molecule has 0 radical (unpaired) electrons. The van der Waals surface area contributed by atoms with E-state index in [1.807, 2.05) is 0 Å². The highest BCUT2D eigenvalue weighted by molar-refractivity contribution is 8.08. The summed E-state index contributed by atoms with van der Waals surface area (Å²) in [5.74, 6) is -0.717. The summed E-state index contributed by atoms with van der Waals surface area (Å²) in [5, 5.41) is -1.06. The molecule has 0 fully saturated rings. The summed E-state index contributed by atoms with van der Waals surface area (Å²) in [6.07, 6.45) is 0.808. The topological polar surface area (TPSA) is 107 Å². The van der Waals surface area contributed by atoms with E-state index >= 15 is 0 Å². The number of sulfone groups is 1. The number of hydrogen-bond acceptors (Lipinski definition) is 6. The lowest BCUT2D eigenvalue weighted by atomic mass is 10.1.